The summed E-state index contributed by atoms with van der Waals surface area (Å²) in [7, 11) is 2.99. The molecule has 1 aromatic heterocycles. The molecule has 0 atom stereocenters. The van der Waals surface area contributed by atoms with E-state index in [0.717, 1.165) is 4.68 Å². The molecular formula is C20H19N5O4. The number of hydrogen-bond acceptors (Lipinski definition) is 5. The van der Waals surface area contributed by atoms with E-state index in [9.17, 15) is 19.2 Å². The van der Waals surface area contributed by atoms with Gasteiger partial charge in [0.2, 0.25) is 5.91 Å². The van der Waals surface area contributed by atoms with Gasteiger partial charge in [-0.15, -0.1) is 0 Å². The zero-order valence-corrected chi connectivity index (χ0v) is 15.9. The van der Waals surface area contributed by atoms with Crippen molar-refractivity contribution >= 4 is 34.2 Å². The molecule has 3 aromatic rings. The predicted molar refractivity (Wildman–Crippen MR) is 108 cm³/mol. The van der Waals surface area contributed by atoms with Crippen molar-refractivity contribution in [2.75, 3.05) is 19.4 Å². The number of hydrogen-bond donors (Lipinski definition) is 3. The molecule has 0 saturated heterocycles. The molecule has 1 heterocycles. The monoisotopic (exact) mass is 393 g/mol. The van der Waals surface area contributed by atoms with E-state index in [0.29, 0.717) is 22.0 Å². The SMILES string of the molecule is CNC(=O)c1ccc(NC(=O)Cn2nc(C(=O)NC)c3ccccc3c2=O)cc1. The van der Waals surface area contributed by atoms with E-state index >= 15 is 0 Å². The average Bonchev–Trinajstić information content (AvgIpc) is 2.75. The molecular weight excluding hydrogens is 374 g/mol. The molecule has 0 radical (unpaired) electrons. The number of carbonyl (C=O) groups excluding carboxylic acids is 3. The summed E-state index contributed by atoms with van der Waals surface area (Å²) in [6, 6.07) is 12.9. The quantitative estimate of drug-likeness (QED) is 0.591. The van der Waals surface area contributed by atoms with Crippen LogP contribution < -0.4 is 21.5 Å². The van der Waals surface area contributed by atoms with Gasteiger partial charge in [-0.25, -0.2) is 4.68 Å². The molecule has 148 valence electrons. The standard InChI is InChI=1S/C20H19N5O4/c1-21-18(27)12-7-9-13(10-8-12)23-16(26)11-25-20(29)15-6-4-3-5-14(15)17(24-25)19(28)22-2/h3-10H,11H2,1-2H3,(H,21,27)(H,22,28)(H,23,26). The molecule has 9 nitrogen and oxygen atoms in total. The summed E-state index contributed by atoms with van der Waals surface area (Å²) in [5.74, 6) is -1.19. The highest BCUT2D eigenvalue weighted by Gasteiger charge is 2.17. The van der Waals surface area contributed by atoms with Gasteiger partial charge in [-0.1, -0.05) is 18.2 Å². The number of carbonyl (C=O) groups is 3. The van der Waals surface area contributed by atoms with E-state index in [1.54, 1.807) is 48.5 Å². The molecule has 2 aromatic carbocycles. The van der Waals surface area contributed by atoms with Crippen LogP contribution in [0.25, 0.3) is 10.8 Å². The lowest BCUT2D eigenvalue weighted by molar-refractivity contribution is -0.117. The number of amides is 3. The highest BCUT2D eigenvalue weighted by atomic mass is 16.2. The van der Waals surface area contributed by atoms with E-state index < -0.39 is 17.4 Å². The van der Waals surface area contributed by atoms with E-state index in [-0.39, 0.29) is 18.1 Å². The van der Waals surface area contributed by atoms with E-state index in [1.165, 1.54) is 14.1 Å². The maximum absolute atomic E-state index is 12.7. The van der Waals surface area contributed by atoms with Crippen molar-refractivity contribution in [3.8, 4) is 0 Å². The minimum atomic E-state index is -0.495. The van der Waals surface area contributed by atoms with Crippen LogP contribution in [0.3, 0.4) is 0 Å². The van der Waals surface area contributed by atoms with Crippen molar-refractivity contribution in [2.45, 2.75) is 6.54 Å². The molecule has 0 unspecified atom stereocenters. The molecule has 0 spiro atoms. The molecule has 9 heteroatoms. The second-order valence-corrected chi connectivity index (χ2v) is 6.14. The van der Waals surface area contributed by atoms with Crippen molar-refractivity contribution < 1.29 is 14.4 Å². The van der Waals surface area contributed by atoms with Crippen molar-refractivity contribution in [2.24, 2.45) is 0 Å². The van der Waals surface area contributed by atoms with Crippen LogP contribution in [-0.2, 0) is 11.3 Å². The van der Waals surface area contributed by atoms with Gasteiger partial charge in [0, 0.05) is 30.7 Å². The maximum atomic E-state index is 12.7. The lowest BCUT2D eigenvalue weighted by Gasteiger charge is -2.11. The fourth-order valence-electron chi connectivity index (χ4n) is 2.81. The molecule has 0 aliphatic carbocycles. The molecule has 0 aliphatic heterocycles. The number of fused-ring (bicyclic) bond motifs is 1. The fraction of sp³-hybridized carbons (Fsp3) is 0.150. The molecule has 3 amide bonds. The van der Waals surface area contributed by atoms with Gasteiger partial charge >= 0.3 is 0 Å². The summed E-state index contributed by atoms with van der Waals surface area (Å²) >= 11 is 0. The Hall–Kier alpha value is -4.01. The molecule has 0 bridgehead atoms. The number of benzene rings is 2. The van der Waals surface area contributed by atoms with Crippen LogP contribution in [0.4, 0.5) is 5.69 Å². The molecule has 29 heavy (non-hydrogen) atoms. The number of rotatable bonds is 5. The van der Waals surface area contributed by atoms with Gasteiger partial charge in [-0.2, -0.15) is 5.10 Å². The van der Waals surface area contributed by atoms with E-state index in [1.807, 2.05) is 0 Å². The van der Waals surface area contributed by atoms with Gasteiger partial charge in [-0.3, -0.25) is 19.2 Å². The van der Waals surface area contributed by atoms with Crippen LogP contribution in [0, 0.1) is 0 Å². The lowest BCUT2D eigenvalue weighted by atomic mass is 10.1. The zero-order chi connectivity index (χ0) is 21.0. The van der Waals surface area contributed by atoms with Crippen molar-refractivity contribution in [3.05, 3.63) is 70.1 Å². The smallest absolute Gasteiger partial charge is 0.275 e. The Labute approximate surface area is 165 Å². The van der Waals surface area contributed by atoms with Crippen LogP contribution in [0.15, 0.2) is 53.3 Å². The van der Waals surface area contributed by atoms with Gasteiger partial charge in [0.15, 0.2) is 5.69 Å². The minimum absolute atomic E-state index is 0.0606. The van der Waals surface area contributed by atoms with Crippen LogP contribution in [0.1, 0.15) is 20.8 Å². The van der Waals surface area contributed by atoms with Gasteiger partial charge in [-0.05, 0) is 30.3 Å². The third kappa shape index (κ3) is 4.13. The zero-order valence-electron chi connectivity index (χ0n) is 15.9. The highest BCUT2D eigenvalue weighted by molar-refractivity contribution is 6.04. The van der Waals surface area contributed by atoms with Crippen LogP contribution in [-0.4, -0.2) is 41.6 Å². The Morgan fingerprint density at radius 1 is 0.897 bits per heavy atom. The first-order valence-electron chi connectivity index (χ1n) is 8.78. The van der Waals surface area contributed by atoms with Crippen molar-refractivity contribution in [1.29, 1.82) is 0 Å². The summed E-state index contributed by atoms with van der Waals surface area (Å²) in [5, 5.41) is 12.4. The van der Waals surface area contributed by atoms with Crippen molar-refractivity contribution in [1.82, 2.24) is 20.4 Å². The lowest BCUT2D eigenvalue weighted by Crippen LogP contribution is -2.33. The molecule has 0 fully saturated rings. The Morgan fingerprint density at radius 2 is 1.52 bits per heavy atom. The first-order chi connectivity index (χ1) is 13.9. The summed E-state index contributed by atoms with van der Waals surface area (Å²) < 4.78 is 0.959. The molecule has 0 saturated carbocycles. The second-order valence-electron chi connectivity index (χ2n) is 6.14. The van der Waals surface area contributed by atoms with E-state index in [4.69, 9.17) is 0 Å². The van der Waals surface area contributed by atoms with Gasteiger partial charge in [0.1, 0.15) is 6.54 Å². The Balaban J connectivity index is 1.87. The summed E-state index contributed by atoms with van der Waals surface area (Å²) in [4.78, 5) is 48.8. The van der Waals surface area contributed by atoms with Gasteiger partial charge < -0.3 is 16.0 Å². The number of nitrogens with one attached hydrogen (secondary N) is 3. The predicted octanol–water partition coefficient (Wildman–Crippen LogP) is 0.754. The molecule has 3 N–H and O–H groups in total. The van der Waals surface area contributed by atoms with Gasteiger partial charge in [0.05, 0.1) is 5.39 Å². The minimum Gasteiger partial charge on any atom is -0.355 e. The summed E-state index contributed by atoms with van der Waals surface area (Å²) in [6.45, 7) is -0.370. The Bertz CT molecular complexity index is 1150. The topological polar surface area (TPSA) is 122 Å². The first kappa shape index (κ1) is 19.7. The van der Waals surface area contributed by atoms with Crippen molar-refractivity contribution in [3.63, 3.8) is 0 Å². The summed E-state index contributed by atoms with van der Waals surface area (Å²) in [6.07, 6.45) is 0. The third-order valence-corrected chi connectivity index (χ3v) is 4.26. The normalized spacial score (nSPS) is 10.4. The van der Waals surface area contributed by atoms with E-state index in [2.05, 4.69) is 21.0 Å². The maximum Gasteiger partial charge on any atom is 0.275 e. The number of anilines is 1. The first-order valence-corrected chi connectivity index (χ1v) is 8.78. The van der Waals surface area contributed by atoms with Crippen LogP contribution in [0.5, 0.6) is 0 Å². The summed E-state index contributed by atoms with van der Waals surface area (Å²) in [5.41, 5.74) is 0.500. The van der Waals surface area contributed by atoms with Crippen LogP contribution >= 0.6 is 0 Å². The molecule has 3 rings (SSSR count). The number of aromatic nitrogens is 2. The fourth-order valence-corrected chi connectivity index (χ4v) is 2.81. The molecule has 0 aliphatic rings. The highest BCUT2D eigenvalue weighted by Crippen LogP contribution is 2.13. The second kappa shape index (κ2) is 8.34. The third-order valence-electron chi connectivity index (χ3n) is 4.26. The average molecular weight is 393 g/mol. The Kier molecular flexibility index (Phi) is 5.68. The van der Waals surface area contributed by atoms with Crippen LogP contribution in [0.2, 0.25) is 0 Å². The largest absolute Gasteiger partial charge is 0.355 e. The van der Waals surface area contributed by atoms with Gasteiger partial charge in [0.25, 0.3) is 17.4 Å². The Morgan fingerprint density at radius 3 is 2.14 bits per heavy atom. The number of nitrogens with zero attached hydrogens (tertiary/aromatic N) is 2.